The number of carboxylic acids is 1. The number of hydrogen-bond acceptors (Lipinski definition) is 4. The van der Waals surface area contributed by atoms with Gasteiger partial charge in [0.25, 0.3) is 0 Å². The van der Waals surface area contributed by atoms with Crippen LogP contribution in [0.15, 0.2) is 42.5 Å². The number of halogens is 6. The van der Waals surface area contributed by atoms with Crippen LogP contribution >= 0.6 is 0 Å². The van der Waals surface area contributed by atoms with Gasteiger partial charge in [0.15, 0.2) is 0 Å². The van der Waals surface area contributed by atoms with E-state index in [4.69, 9.17) is 9.84 Å². The number of ether oxygens (including phenoxy) is 3. The molecular formula is C18H14F6O5. The first-order valence-electron chi connectivity index (χ1n) is 7.94. The summed E-state index contributed by atoms with van der Waals surface area (Å²) in [6.07, 6.45) is -9.79. The van der Waals surface area contributed by atoms with Crippen LogP contribution in [-0.4, -0.2) is 23.8 Å². The molecule has 0 saturated carbocycles. The molecule has 0 heterocycles. The molecule has 1 unspecified atom stereocenters. The fraction of sp³-hybridized carbons (Fsp3) is 0.278. The second-order valence-corrected chi connectivity index (χ2v) is 5.79. The third-order valence-electron chi connectivity index (χ3n) is 3.60. The molecule has 0 amide bonds. The van der Waals surface area contributed by atoms with Gasteiger partial charge in [0.1, 0.15) is 23.9 Å². The summed E-state index contributed by atoms with van der Waals surface area (Å²) < 4.78 is 86.6. The monoisotopic (exact) mass is 424 g/mol. The largest absolute Gasteiger partial charge is 0.573 e. The lowest BCUT2D eigenvalue weighted by Gasteiger charge is -2.17. The third kappa shape index (κ3) is 7.09. The van der Waals surface area contributed by atoms with Crippen molar-refractivity contribution < 1.29 is 50.5 Å². The van der Waals surface area contributed by atoms with Gasteiger partial charge in [-0.2, -0.15) is 0 Å². The predicted molar refractivity (Wildman–Crippen MR) is 86.6 cm³/mol. The average Bonchev–Trinajstić information content (AvgIpc) is 2.58. The quantitative estimate of drug-likeness (QED) is 0.615. The first kappa shape index (κ1) is 22.2. The van der Waals surface area contributed by atoms with E-state index in [1.54, 1.807) is 0 Å². The zero-order valence-electron chi connectivity index (χ0n) is 14.7. The van der Waals surface area contributed by atoms with Crippen molar-refractivity contribution in [3.8, 4) is 17.2 Å². The molecule has 0 saturated heterocycles. The van der Waals surface area contributed by atoms with Crippen molar-refractivity contribution in [2.75, 3.05) is 0 Å². The third-order valence-corrected chi connectivity index (χ3v) is 3.60. The molecule has 2 rings (SSSR count). The molecule has 0 radical (unpaired) electrons. The van der Waals surface area contributed by atoms with Crippen molar-refractivity contribution in [2.45, 2.75) is 32.2 Å². The molecule has 0 aromatic heterocycles. The van der Waals surface area contributed by atoms with Crippen LogP contribution in [0, 0.1) is 0 Å². The number of carbonyl (C=O) groups is 1. The zero-order valence-corrected chi connectivity index (χ0v) is 14.7. The normalized spacial score (nSPS) is 12.9. The van der Waals surface area contributed by atoms with Gasteiger partial charge in [-0.05, 0) is 42.8 Å². The van der Waals surface area contributed by atoms with Crippen molar-refractivity contribution in [2.24, 2.45) is 0 Å². The highest BCUT2D eigenvalue weighted by molar-refractivity contribution is 5.77. The van der Waals surface area contributed by atoms with Gasteiger partial charge in [-0.1, -0.05) is 12.1 Å². The van der Waals surface area contributed by atoms with Gasteiger partial charge in [-0.15, -0.1) is 26.3 Å². The molecule has 0 aliphatic rings. The summed E-state index contributed by atoms with van der Waals surface area (Å²) in [4.78, 5) is 11.2. The Morgan fingerprint density at radius 1 is 0.931 bits per heavy atom. The fourth-order valence-corrected chi connectivity index (χ4v) is 2.27. The smallest absolute Gasteiger partial charge is 0.489 e. The minimum absolute atomic E-state index is 0.00922. The van der Waals surface area contributed by atoms with Gasteiger partial charge in [-0.3, -0.25) is 4.79 Å². The summed E-state index contributed by atoms with van der Waals surface area (Å²) in [7, 11) is 0. The van der Waals surface area contributed by atoms with Crippen LogP contribution in [0.2, 0.25) is 0 Å². The number of benzene rings is 2. The van der Waals surface area contributed by atoms with Crippen molar-refractivity contribution in [3.05, 3.63) is 53.6 Å². The zero-order chi connectivity index (χ0) is 21.8. The Bertz CT molecular complexity index is 845. The van der Waals surface area contributed by atoms with E-state index >= 15 is 0 Å². The van der Waals surface area contributed by atoms with E-state index in [0.717, 1.165) is 30.3 Å². The van der Waals surface area contributed by atoms with E-state index in [1.807, 2.05) is 0 Å². The molecule has 5 nitrogen and oxygen atoms in total. The minimum atomic E-state index is -4.95. The SMILES string of the molecule is CC(C(=O)O)c1cc(OC(F)(F)F)ccc1OCc1ccc(OC(F)(F)F)cc1. The number of aliphatic carboxylic acids is 1. The molecule has 2 aromatic rings. The van der Waals surface area contributed by atoms with Crippen molar-refractivity contribution in [1.82, 2.24) is 0 Å². The lowest BCUT2D eigenvalue weighted by Crippen LogP contribution is -2.18. The Labute approximate surface area is 160 Å². The maximum atomic E-state index is 12.4. The number of rotatable bonds is 7. The van der Waals surface area contributed by atoms with Gasteiger partial charge >= 0.3 is 18.7 Å². The first-order valence-corrected chi connectivity index (χ1v) is 7.94. The van der Waals surface area contributed by atoms with E-state index in [0.29, 0.717) is 5.56 Å². The standard InChI is InChI=1S/C18H14F6O5/c1-10(16(25)26)14-8-13(29-18(22,23)24)6-7-15(14)27-9-11-2-4-12(5-3-11)28-17(19,20)21/h2-8,10H,9H2,1H3,(H,25,26). The van der Waals surface area contributed by atoms with Gasteiger partial charge in [-0.25, -0.2) is 0 Å². The molecule has 0 spiro atoms. The van der Waals surface area contributed by atoms with Crippen LogP contribution in [0.3, 0.4) is 0 Å². The molecule has 11 heteroatoms. The molecule has 2 aromatic carbocycles. The summed E-state index contributed by atoms with van der Waals surface area (Å²) >= 11 is 0. The number of carboxylic acid groups (broad SMARTS) is 1. The van der Waals surface area contributed by atoms with E-state index in [1.165, 1.54) is 19.1 Å². The van der Waals surface area contributed by atoms with E-state index < -0.39 is 36.1 Å². The number of alkyl halides is 6. The lowest BCUT2D eigenvalue weighted by molar-refractivity contribution is -0.275. The summed E-state index contributed by atoms with van der Waals surface area (Å²) in [6, 6.07) is 7.70. The molecule has 158 valence electrons. The van der Waals surface area contributed by atoms with Crippen LogP contribution in [0.5, 0.6) is 17.2 Å². The first-order chi connectivity index (χ1) is 13.3. The topological polar surface area (TPSA) is 65.0 Å². The molecule has 1 N–H and O–H groups in total. The Morgan fingerprint density at radius 3 is 1.97 bits per heavy atom. The van der Waals surface area contributed by atoms with Crippen LogP contribution in [0.4, 0.5) is 26.3 Å². The molecule has 0 bridgehead atoms. The average molecular weight is 424 g/mol. The lowest BCUT2D eigenvalue weighted by atomic mass is 10.00. The molecule has 0 aliphatic carbocycles. The summed E-state index contributed by atoms with van der Waals surface area (Å²) in [5, 5.41) is 9.17. The molecule has 0 aliphatic heterocycles. The van der Waals surface area contributed by atoms with Crippen molar-refractivity contribution >= 4 is 5.97 Å². The number of hydrogen-bond donors (Lipinski definition) is 1. The van der Waals surface area contributed by atoms with Gasteiger partial charge in [0.05, 0.1) is 5.92 Å². The Kier molecular flexibility index (Phi) is 6.50. The minimum Gasteiger partial charge on any atom is -0.489 e. The maximum absolute atomic E-state index is 12.4. The second kappa shape index (κ2) is 8.50. The van der Waals surface area contributed by atoms with Crippen LogP contribution in [0.1, 0.15) is 24.0 Å². The fourth-order valence-electron chi connectivity index (χ4n) is 2.27. The van der Waals surface area contributed by atoms with Gasteiger partial charge in [0.2, 0.25) is 0 Å². The highest BCUT2D eigenvalue weighted by atomic mass is 19.4. The second-order valence-electron chi connectivity index (χ2n) is 5.79. The Balaban J connectivity index is 2.17. The van der Waals surface area contributed by atoms with Crippen molar-refractivity contribution in [3.63, 3.8) is 0 Å². The highest BCUT2D eigenvalue weighted by Gasteiger charge is 2.32. The van der Waals surface area contributed by atoms with Crippen LogP contribution in [-0.2, 0) is 11.4 Å². The van der Waals surface area contributed by atoms with Crippen LogP contribution in [0.25, 0.3) is 0 Å². The summed E-state index contributed by atoms with van der Waals surface area (Å²) in [6.45, 7) is 1.08. The Hall–Kier alpha value is -3.11. The summed E-state index contributed by atoms with van der Waals surface area (Å²) in [5.41, 5.74) is 0.361. The maximum Gasteiger partial charge on any atom is 0.573 e. The summed E-state index contributed by atoms with van der Waals surface area (Å²) in [5.74, 6) is -3.56. The Morgan fingerprint density at radius 2 is 1.45 bits per heavy atom. The predicted octanol–water partition coefficient (Wildman–Crippen LogP) is 5.25. The highest BCUT2D eigenvalue weighted by Crippen LogP contribution is 2.34. The molecular weight excluding hydrogens is 410 g/mol. The molecule has 1 atom stereocenters. The van der Waals surface area contributed by atoms with Crippen molar-refractivity contribution in [1.29, 1.82) is 0 Å². The molecule has 0 fully saturated rings. The molecule has 29 heavy (non-hydrogen) atoms. The van der Waals surface area contributed by atoms with Crippen LogP contribution < -0.4 is 14.2 Å². The van der Waals surface area contributed by atoms with E-state index in [9.17, 15) is 31.1 Å². The van der Waals surface area contributed by atoms with E-state index in [2.05, 4.69) is 9.47 Å². The van der Waals surface area contributed by atoms with Gasteiger partial charge < -0.3 is 19.3 Å². The van der Waals surface area contributed by atoms with Gasteiger partial charge in [0, 0.05) is 5.56 Å². The van der Waals surface area contributed by atoms with E-state index in [-0.39, 0.29) is 17.9 Å².